The molecule has 0 fully saturated rings. The average molecular weight is 217 g/mol. The summed E-state index contributed by atoms with van der Waals surface area (Å²) in [4.78, 5) is 14.8. The van der Waals surface area contributed by atoms with Crippen LogP contribution < -0.4 is 5.32 Å². The predicted molar refractivity (Wildman–Crippen MR) is 53.2 cm³/mol. The van der Waals surface area contributed by atoms with Crippen molar-refractivity contribution in [1.82, 2.24) is 10.3 Å². The van der Waals surface area contributed by atoms with Crippen LogP contribution in [0.3, 0.4) is 0 Å². The number of aromatic nitrogens is 1. The first-order valence-electron chi connectivity index (χ1n) is 4.40. The molecule has 78 valence electrons. The number of nitrogens with one attached hydrogen (secondary N) is 1. The first-order valence-corrected chi connectivity index (χ1v) is 4.94. The summed E-state index contributed by atoms with van der Waals surface area (Å²) in [6.07, 6.45) is 1.67. The highest BCUT2D eigenvalue weighted by molar-refractivity contribution is 6.27. The fraction of sp³-hybridized carbons (Fsp3) is 0.556. The summed E-state index contributed by atoms with van der Waals surface area (Å²) in [6.45, 7) is 4.32. The zero-order valence-corrected chi connectivity index (χ0v) is 8.97. The van der Waals surface area contributed by atoms with Crippen molar-refractivity contribution in [2.24, 2.45) is 0 Å². The van der Waals surface area contributed by atoms with Gasteiger partial charge in [0.15, 0.2) is 0 Å². The predicted octanol–water partition coefficient (Wildman–Crippen LogP) is 1.65. The molecule has 0 spiro atoms. The van der Waals surface area contributed by atoms with Crippen LogP contribution in [0.25, 0.3) is 0 Å². The minimum Gasteiger partial charge on any atom is -0.444 e. The van der Waals surface area contributed by atoms with Crippen LogP contribution in [-0.4, -0.2) is 16.8 Å². The fourth-order valence-electron chi connectivity index (χ4n) is 0.894. The highest BCUT2D eigenvalue weighted by Gasteiger charge is 2.07. The Labute approximate surface area is 87.6 Å². The Morgan fingerprint density at radius 1 is 1.71 bits per heavy atom. The van der Waals surface area contributed by atoms with Gasteiger partial charge in [-0.1, -0.05) is 13.8 Å². The number of oxazole rings is 1. The van der Waals surface area contributed by atoms with Gasteiger partial charge in [-0.2, -0.15) is 0 Å². The van der Waals surface area contributed by atoms with Gasteiger partial charge in [-0.3, -0.25) is 4.79 Å². The molecule has 0 aromatic carbocycles. The molecule has 1 heterocycles. The second-order valence-electron chi connectivity index (χ2n) is 3.22. The molecule has 0 aliphatic heterocycles. The van der Waals surface area contributed by atoms with Gasteiger partial charge in [0.05, 0.1) is 12.7 Å². The van der Waals surface area contributed by atoms with E-state index in [9.17, 15) is 4.79 Å². The lowest BCUT2D eigenvalue weighted by Gasteiger charge is -1.99. The van der Waals surface area contributed by atoms with Gasteiger partial charge in [0.25, 0.3) is 0 Å². The summed E-state index contributed by atoms with van der Waals surface area (Å²) in [5.74, 6) is 1.36. The van der Waals surface area contributed by atoms with Crippen molar-refractivity contribution in [1.29, 1.82) is 0 Å². The Balaban J connectivity index is 2.48. The SMILES string of the molecule is CC(C)c1cnc(CNC(=O)CCl)o1. The molecule has 1 N–H and O–H groups in total. The van der Waals surface area contributed by atoms with Crippen molar-refractivity contribution in [3.8, 4) is 0 Å². The van der Waals surface area contributed by atoms with Crippen molar-refractivity contribution in [3.05, 3.63) is 17.8 Å². The minimum absolute atomic E-state index is 0.0439. The molecule has 1 aromatic heterocycles. The summed E-state index contributed by atoms with van der Waals surface area (Å²) in [5, 5.41) is 2.57. The number of carbonyl (C=O) groups is 1. The number of amides is 1. The van der Waals surface area contributed by atoms with Crippen LogP contribution in [0.4, 0.5) is 0 Å². The van der Waals surface area contributed by atoms with Crippen LogP contribution >= 0.6 is 11.6 Å². The maximum Gasteiger partial charge on any atom is 0.235 e. The van der Waals surface area contributed by atoms with E-state index in [2.05, 4.69) is 10.3 Å². The lowest BCUT2D eigenvalue weighted by Crippen LogP contribution is -2.23. The molecule has 0 saturated carbocycles. The summed E-state index contributed by atoms with van der Waals surface area (Å²) >= 11 is 5.31. The van der Waals surface area contributed by atoms with Crippen molar-refractivity contribution in [2.75, 3.05) is 5.88 Å². The first-order chi connectivity index (χ1) is 6.63. The monoisotopic (exact) mass is 216 g/mol. The van der Waals surface area contributed by atoms with Gasteiger partial charge in [-0.25, -0.2) is 4.98 Å². The van der Waals surface area contributed by atoms with Gasteiger partial charge in [0.1, 0.15) is 11.6 Å². The van der Waals surface area contributed by atoms with Crippen LogP contribution in [0.2, 0.25) is 0 Å². The topological polar surface area (TPSA) is 55.1 Å². The highest BCUT2D eigenvalue weighted by Crippen LogP contribution is 2.14. The summed E-state index contributed by atoms with van der Waals surface area (Å²) in [5.41, 5.74) is 0. The summed E-state index contributed by atoms with van der Waals surface area (Å²) in [7, 11) is 0. The summed E-state index contributed by atoms with van der Waals surface area (Å²) in [6, 6.07) is 0. The average Bonchev–Trinajstić information content (AvgIpc) is 2.62. The number of nitrogens with zero attached hydrogens (tertiary/aromatic N) is 1. The van der Waals surface area contributed by atoms with E-state index in [1.165, 1.54) is 0 Å². The van der Waals surface area contributed by atoms with Crippen LogP contribution in [0.5, 0.6) is 0 Å². The molecular formula is C9H13ClN2O2. The number of carbonyl (C=O) groups excluding carboxylic acids is 1. The normalized spacial score (nSPS) is 10.6. The maximum atomic E-state index is 10.8. The summed E-state index contributed by atoms with van der Waals surface area (Å²) < 4.78 is 5.37. The van der Waals surface area contributed by atoms with E-state index < -0.39 is 0 Å². The Morgan fingerprint density at radius 2 is 2.43 bits per heavy atom. The van der Waals surface area contributed by atoms with Crippen molar-refractivity contribution < 1.29 is 9.21 Å². The Kier molecular flexibility index (Phi) is 3.95. The van der Waals surface area contributed by atoms with E-state index in [4.69, 9.17) is 16.0 Å². The number of halogens is 1. The standard InChI is InChI=1S/C9H13ClN2O2/c1-6(2)7-4-12-9(14-7)5-11-8(13)3-10/h4,6H,3,5H2,1-2H3,(H,11,13). The third-order valence-corrected chi connectivity index (χ3v) is 1.94. The van der Waals surface area contributed by atoms with Gasteiger partial charge >= 0.3 is 0 Å². The van der Waals surface area contributed by atoms with E-state index in [0.29, 0.717) is 11.8 Å². The molecule has 1 amide bonds. The molecule has 0 radical (unpaired) electrons. The third-order valence-electron chi connectivity index (χ3n) is 1.70. The van der Waals surface area contributed by atoms with E-state index in [1.807, 2.05) is 13.8 Å². The highest BCUT2D eigenvalue weighted by atomic mass is 35.5. The third kappa shape index (κ3) is 3.03. The lowest BCUT2D eigenvalue weighted by atomic mass is 10.2. The zero-order valence-electron chi connectivity index (χ0n) is 8.21. The number of alkyl halides is 1. The van der Waals surface area contributed by atoms with Crippen LogP contribution in [0.1, 0.15) is 31.4 Å². The molecule has 5 heteroatoms. The Bertz CT molecular complexity index is 310. The van der Waals surface area contributed by atoms with Crippen LogP contribution in [0.15, 0.2) is 10.6 Å². The maximum absolute atomic E-state index is 10.8. The van der Waals surface area contributed by atoms with E-state index in [-0.39, 0.29) is 18.3 Å². The molecule has 0 saturated heterocycles. The van der Waals surface area contributed by atoms with Gasteiger partial charge < -0.3 is 9.73 Å². The minimum atomic E-state index is -0.226. The molecule has 0 bridgehead atoms. The van der Waals surface area contributed by atoms with Crippen molar-refractivity contribution >= 4 is 17.5 Å². The number of hydrogen-bond acceptors (Lipinski definition) is 3. The van der Waals surface area contributed by atoms with Gasteiger partial charge in [0.2, 0.25) is 11.8 Å². The van der Waals surface area contributed by atoms with E-state index >= 15 is 0 Å². The fourth-order valence-corrected chi connectivity index (χ4v) is 0.989. The van der Waals surface area contributed by atoms with Crippen molar-refractivity contribution in [2.45, 2.75) is 26.3 Å². The second-order valence-corrected chi connectivity index (χ2v) is 3.49. The van der Waals surface area contributed by atoms with Gasteiger partial charge in [-0.05, 0) is 0 Å². The largest absolute Gasteiger partial charge is 0.444 e. The molecule has 14 heavy (non-hydrogen) atoms. The molecule has 1 aromatic rings. The second kappa shape index (κ2) is 5.00. The smallest absolute Gasteiger partial charge is 0.235 e. The molecule has 0 aliphatic carbocycles. The van der Waals surface area contributed by atoms with Gasteiger partial charge in [-0.15, -0.1) is 11.6 Å². The Morgan fingerprint density at radius 3 is 2.93 bits per heavy atom. The molecule has 0 unspecified atom stereocenters. The van der Waals surface area contributed by atoms with Crippen molar-refractivity contribution in [3.63, 3.8) is 0 Å². The van der Waals surface area contributed by atoms with Crippen LogP contribution in [0, 0.1) is 0 Å². The Hall–Kier alpha value is -1.03. The van der Waals surface area contributed by atoms with Crippen LogP contribution in [-0.2, 0) is 11.3 Å². The number of hydrogen-bond donors (Lipinski definition) is 1. The van der Waals surface area contributed by atoms with Gasteiger partial charge in [0, 0.05) is 5.92 Å². The molecular weight excluding hydrogens is 204 g/mol. The quantitative estimate of drug-likeness (QED) is 0.779. The molecule has 0 atom stereocenters. The lowest BCUT2D eigenvalue weighted by molar-refractivity contribution is -0.118. The first kappa shape index (κ1) is 11.0. The van der Waals surface area contributed by atoms with E-state index in [0.717, 1.165) is 5.76 Å². The molecule has 1 rings (SSSR count). The molecule has 0 aliphatic rings. The zero-order chi connectivity index (χ0) is 10.6. The molecule has 4 nitrogen and oxygen atoms in total. The van der Waals surface area contributed by atoms with E-state index in [1.54, 1.807) is 6.20 Å². The number of rotatable bonds is 4.